The zero-order chi connectivity index (χ0) is 9.26. The van der Waals surface area contributed by atoms with Gasteiger partial charge < -0.3 is 10.6 Å². The molecule has 1 saturated carbocycles. The predicted octanol–water partition coefficient (Wildman–Crippen LogP) is 0.114. The third kappa shape index (κ3) is 2.22. The van der Waals surface area contributed by atoms with Crippen LogP contribution in [0.15, 0.2) is 0 Å². The molecule has 2 fully saturated rings. The van der Waals surface area contributed by atoms with Crippen molar-refractivity contribution in [1.29, 1.82) is 0 Å². The van der Waals surface area contributed by atoms with Gasteiger partial charge >= 0.3 is 0 Å². The van der Waals surface area contributed by atoms with Crippen LogP contribution in [0, 0.1) is 0 Å². The van der Waals surface area contributed by atoms with Gasteiger partial charge in [-0.3, -0.25) is 4.90 Å². The molecule has 1 heterocycles. The summed E-state index contributed by atoms with van der Waals surface area (Å²) >= 11 is 0. The summed E-state index contributed by atoms with van der Waals surface area (Å²) < 4.78 is 0. The van der Waals surface area contributed by atoms with Crippen molar-refractivity contribution in [3.8, 4) is 0 Å². The standard InChI is InChI=1S/C10H21N3/c1-12-6-4-10(8-12)13(7-5-11)9-2-3-9/h9-10H,2-8,11H2,1H3/t10-/m0/s1. The summed E-state index contributed by atoms with van der Waals surface area (Å²) in [5, 5.41) is 0. The molecule has 0 aromatic heterocycles. The van der Waals surface area contributed by atoms with Gasteiger partial charge in [0.2, 0.25) is 0 Å². The van der Waals surface area contributed by atoms with Crippen LogP contribution in [0.1, 0.15) is 19.3 Å². The molecule has 1 atom stereocenters. The van der Waals surface area contributed by atoms with Gasteiger partial charge in [-0.25, -0.2) is 0 Å². The maximum Gasteiger partial charge on any atom is 0.0238 e. The molecule has 0 bridgehead atoms. The molecular weight excluding hydrogens is 162 g/mol. The number of likely N-dealkylation sites (N-methyl/N-ethyl adjacent to an activating group) is 1. The molecule has 1 aliphatic carbocycles. The maximum absolute atomic E-state index is 5.64. The Kier molecular flexibility index (Phi) is 2.86. The Morgan fingerprint density at radius 3 is 2.54 bits per heavy atom. The van der Waals surface area contributed by atoms with Crippen LogP contribution in [-0.2, 0) is 0 Å². The summed E-state index contributed by atoms with van der Waals surface area (Å²) in [4.78, 5) is 5.07. The zero-order valence-electron chi connectivity index (χ0n) is 8.58. The lowest BCUT2D eigenvalue weighted by molar-refractivity contribution is 0.193. The largest absolute Gasteiger partial charge is 0.329 e. The first-order valence-corrected chi connectivity index (χ1v) is 5.45. The first-order chi connectivity index (χ1) is 6.31. The van der Waals surface area contributed by atoms with Gasteiger partial charge in [-0.15, -0.1) is 0 Å². The molecule has 76 valence electrons. The predicted molar refractivity (Wildman–Crippen MR) is 54.7 cm³/mol. The van der Waals surface area contributed by atoms with E-state index in [1.807, 2.05) is 0 Å². The van der Waals surface area contributed by atoms with Gasteiger partial charge in [-0.2, -0.15) is 0 Å². The molecule has 3 heteroatoms. The van der Waals surface area contributed by atoms with Crippen LogP contribution in [0.3, 0.4) is 0 Å². The van der Waals surface area contributed by atoms with Gasteiger partial charge in [-0.1, -0.05) is 0 Å². The molecule has 13 heavy (non-hydrogen) atoms. The molecule has 2 N–H and O–H groups in total. The normalized spacial score (nSPS) is 30.2. The molecule has 0 aromatic carbocycles. The number of hydrogen-bond acceptors (Lipinski definition) is 3. The third-order valence-electron chi connectivity index (χ3n) is 3.24. The van der Waals surface area contributed by atoms with Crippen molar-refractivity contribution in [2.75, 3.05) is 33.2 Å². The second kappa shape index (κ2) is 3.95. The van der Waals surface area contributed by atoms with Crippen molar-refractivity contribution in [2.45, 2.75) is 31.3 Å². The van der Waals surface area contributed by atoms with Crippen molar-refractivity contribution in [2.24, 2.45) is 5.73 Å². The van der Waals surface area contributed by atoms with Crippen LogP contribution in [0.4, 0.5) is 0 Å². The molecule has 1 aliphatic heterocycles. The lowest BCUT2D eigenvalue weighted by atomic mass is 10.2. The van der Waals surface area contributed by atoms with Crippen molar-refractivity contribution >= 4 is 0 Å². The second-order valence-electron chi connectivity index (χ2n) is 4.46. The molecule has 1 saturated heterocycles. The topological polar surface area (TPSA) is 32.5 Å². The fourth-order valence-corrected chi connectivity index (χ4v) is 2.40. The minimum absolute atomic E-state index is 0.793. The molecule has 0 spiro atoms. The van der Waals surface area contributed by atoms with Gasteiger partial charge in [-0.05, 0) is 32.9 Å². The first-order valence-electron chi connectivity index (χ1n) is 5.45. The van der Waals surface area contributed by atoms with Gasteiger partial charge in [0.05, 0.1) is 0 Å². The number of rotatable bonds is 4. The summed E-state index contributed by atoms with van der Waals surface area (Å²) in [6.07, 6.45) is 4.15. The molecule has 2 rings (SSSR count). The van der Waals surface area contributed by atoms with E-state index in [1.165, 1.54) is 32.4 Å². The summed E-state index contributed by atoms with van der Waals surface area (Å²) in [6.45, 7) is 4.43. The van der Waals surface area contributed by atoms with Crippen molar-refractivity contribution in [3.05, 3.63) is 0 Å². The molecule has 0 amide bonds. The fourth-order valence-electron chi connectivity index (χ4n) is 2.40. The summed E-state index contributed by atoms with van der Waals surface area (Å²) in [7, 11) is 2.22. The Balaban J connectivity index is 1.87. The van der Waals surface area contributed by atoms with Crippen LogP contribution < -0.4 is 5.73 Å². The second-order valence-corrected chi connectivity index (χ2v) is 4.46. The van der Waals surface area contributed by atoms with E-state index in [0.717, 1.165) is 25.2 Å². The highest BCUT2D eigenvalue weighted by atomic mass is 15.3. The summed E-state index contributed by atoms with van der Waals surface area (Å²) in [5.74, 6) is 0. The highest BCUT2D eigenvalue weighted by Crippen LogP contribution is 2.30. The Hall–Kier alpha value is -0.120. The smallest absolute Gasteiger partial charge is 0.0238 e. The van der Waals surface area contributed by atoms with E-state index in [0.29, 0.717) is 0 Å². The molecule has 0 radical (unpaired) electrons. The van der Waals surface area contributed by atoms with E-state index in [1.54, 1.807) is 0 Å². The monoisotopic (exact) mass is 183 g/mol. The number of likely N-dealkylation sites (tertiary alicyclic amines) is 1. The molecule has 3 nitrogen and oxygen atoms in total. The lowest BCUT2D eigenvalue weighted by Gasteiger charge is -2.28. The van der Waals surface area contributed by atoms with E-state index in [2.05, 4.69) is 16.8 Å². The van der Waals surface area contributed by atoms with E-state index < -0.39 is 0 Å². The summed E-state index contributed by atoms with van der Waals surface area (Å²) in [6, 6.07) is 1.67. The van der Waals surface area contributed by atoms with Gasteiger partial charge in [0.1, 0.15) is 0 Å². The van der Waals surface area contributed by atoms with E-state index >= 15 is 0 Å². The number of nitrogens with two attached hydrogens (primary N) is 1. The van der Waals surface area contributed by atoms with Crippen molar-refractivity contribution < 1.29 is 0 Å². The van der Waals surface area contributed by atoms with E-state index in [4.69, 9.17) is 5.73 Å². The minimum Gasteiger partial charge on any atom is -0.329 e. The van der Waals surface area contributed by atoms with Gasteiger partial charge in [0.25, 0.3) is 0 Å². The average molecular weight is 183 g/mol. The Bertz CT molecular complexity index is 168. The molecular formula is C10H21N3. The maximum atomic E-state index is 5.64. The van der Waals surface area contributed by atoms with Crippen LogP contribution in [-0.4, -0.2) is 55.1 Å². The number of hydrogen-bond donors (Lipinski definition) is 1. The lowest BCUT2D eigenvalue weighted by Crippen LogP contribution is -2.41. The number of nitrogens with zero attached hydrogens (tertiary/aromatic N) is 2. The Labute approximate surface area is 80.9 Å². The van der Waals surface area contributed by atoms with Crippen LogP contribution in [0.5, 0.6) is 0 Å². The van der Waals surface area contributed by atoms with Gasteiger partial charge in [0.15, 0.2) is 0 Å². The molecule has 0 unspecified atom stereocenters. The van der Waals surface area contributed by atoms with Crippen molar-refractivity contribution in [1.82, 2.24) is 9.80 Å². The fraction of sp³-hybridized carbons (Fsp3) is 1.00. The molecule has 0 aromatic rings. The van der Waals surface area contributed by atoms with E-state index in [9.17, 15) is 0 Å². The minimum atomic E-state index is 0.793. The van der Waals surface area contributed by atoms with Crippen LogP contribution >= 0.6 is 0 Å². The van der Waals surface area contributed by atoms with Crippen LogP contribution in [0.2, 0.25) is 0 Å². The highest BCUT2D eigenvalue weighted by Gasteiger charge is 2.35. The molecule has 2 aliphatic rings. The van der Waals surface area contributed by atoms with E-state index in [-0.39, 0.29) is 0 Å². The SMILES string of the molecule is CN1CC[C@H](N(CCN)C2CC2)C1. The Morgan fingerprint density at radius 2 is 2.08 bits per heavy atom. The summed E-state index contributed by atoms with van der Waals surface area (Å²) in [5.41, 5.74) is 5.64. The highest BCUT2D eigenvalue weighted by molar-refractivity contribution is 4.92. The quantitative estimate of drug-likeness (QED) is 0.671. The Morgan fingerprint density at radius 1 is 1.31 bits per heavy atom. The third-order valence-corrected chi connectivity index (χ3v) is 3.24. The van der Waals surface area contributed by atoms with Crippen molar-refractivity contribution in [3.63, 3.8) is 0 Å². The first kappa shape index (κ1) is 9.44. The van der Waals surface area contributed by atoms with Crippen LogP contribution in [0.25, 0.3) is 0 Å². The van der Waals surface area contributed by atoms with Gasteiger partial charge in [0, 0.05) is 31.7 Å². The zero-order valence-corrected chi connectivity index (χ0v) is 8.58. The average Bonchev–Trinajstić information content (AvgIpc) is 2.85.